The molecule has 0 spiro atoms. The summed E-state index contributed by atoms with van der Waals surface area (Å²) in [5.41, 5.74) is 17.1. The third-order valence-corrected chi connectivity index (χ3v) is 10.8. The molecule has 0 saturated heterocycles. The SMILES string of the molecule is CC1=N/C(c2ccccc2)=C(/c2ccccc2)Cc2ccc(C3(C)C=CC(c4ccccc4)=CC3)cc2-c2ccccc21.Cc1ccccc1.Cc1ccccc1. The molecule has 2 aliphatic rings. The lowest BCUT2D eigenvalue weighted by Gasteiger charge is -2.30. The van der Waals surface area contributed by atoms with Crippen LogP contribution in [0.1, 0.15) is 64.8 Å². The molecule has 0 bridgehead atoms. The van der Waals surface area contributed by atoms with Crippen LogP contribution in [0, 0.1) is 13.8 Å². The van der Waals surface area contributed by atoms with Gasteiger partial charge in [0.1, 0.15) is 0 Å². The molecule has 0 fully saturated rings. The van der Waals surface area contributed by atoms with Crippen LogP contribution in [0.3, 0.4) is 0 Å². The number of hydrogen-bond acceptors (Lipinski definition) is 1. The summed E-state index contributed by atoms with van der Waals surface area (Å²) in [5.74, 6) is 0. The van der Waals surface area contributed by atoms with Gasteiger partial charge in [0.05, 0.1) is 5.70 Å². The topological polar surface area (TPSA) is 12.4 Å². The maximum absolute atomic E-state index is 5.39. The standard InChI is InChI=1S/C42H35N.2C7H8/c1-30-37-20-12-13-21-38(37)39-29-36(42(2)26-24-32(25-27-42)31-14-6-3-7-15-31)23-22-35(39)28-40(33-16-8-4-9-17-33)41(43-30)34-18-10-5-11-19-34;2*1-7-5-3-2-4-6-7/h3-26,29H,27-28H2,1-2H3;2*2-6H,1H3/b41-40+,43-30?;;. The number of aliphatic imine (C=N–C) groups is 1. The number of hydrogen-bond donors (Lipinski definition) is 0. The van der Waals surface area contributed by atoms with Crippen molar-refractivity contribution in [2.75, 3.05) is 0 Å². The van der Waals surface area contributed by atoms with Crippen LogP contribution in [0.5, 0.6) is 0 Å². The van der Waals surface area contributed by atoms with Crippen molar-refractivity contribution < 1.29 is 0 Å². The molecule has 1 aliphatic carbocycles. The molecule has 7 aromatic carbocycles. The monoisotopic (exact) mass is 737 g/mol. The van der Waals surface area contributed by atoms with Gasteiger partial charge < -0.3 is 0 Å². The first-order valence-electron chi connectivity index (χ1n) is 20.0. The maximum atomic E-state index is 5.39. The van der Waals surface area contributed by atoms with E-state index >= 15 is 0 Å². The lowest BCUT2D eigenvalue weighted by molar-refractivity contribution is 0.601. The maximum Gasteiger partial charge on any atom is 0.0746 e. The Labute approximate surface area is 340 Å². The first-order chi connectivity index (χ1) is 27.9. The summed E-state index contributed by atoms with van der Waals surface area (Å²) in [4.78, 5) is 5.39. The van der Waals surface area contributed by atoms with E-state index in [-0.39, 0.29) is 5.41 Å². The van der Waals surface area contributed by atoms with Crippen molar-refractivity contribution in [1.82, 2.24) is 0 Å². The Kier molecular flexibility index (Phi) is 12.5. The number of fused-ring (bicyclic) bond motifs is 3. The van der Waals surface area contributed by atoms with Crippen LogP contribution < -0.4 is 0 Å². The average Bonchev–Trinajstić information content (AvgIpc) is 3.32. The Bertz CT molecular complexity index is 2470. The minimum absolute atomic E-state index is 0.0862. The molecular formula is C56H51N. The van der Waals surface area contributed by atoms with Crippen molar-refractivity contribution >= 4 is 22.6 Å². The van der Waals surface area contributed by atoms with Crippen LogP contribution in [0.2, 0.25) is 0 Å². The lowest BCUT2D eigenvalue weighted by atomic mass is 9.74. The van der Waals surface area contributed by atoms with Crippen molar-refractivity contribution in [1.29, 1.82) is 0 Å². The first-order valence-corrected chi connectivity index (χ1v) is 20.0. The molecule has 1 heteroatoms. The highest BCUT2D eigenvalue weighted by Crippen LogP contribution is 2.42. The minimum Gasteiger partial charge on any atom is -0.252 e. The van der Waals surface area contributed by atoms with Gasteiger partial charge in [0, 0.05) is 28.7 Å². The van der Waals surface area contributed by atoms with E-state index in [9.17, 15) is 0 Å². The van der Waals surface area contributed by atoms with Crippen molar-refractivity contribution in [2.45, 2.75) is 46.0 Å². The zero-order valence-electron chi connectivity index (χ0n) is 33.6. The van der Waals surface area contributed by atoms with Crippen molar-refractivity contribution in [3.05, 3.63) is 257 Å². The molecule has 1 unspecified atom stereocenters. The molecule has 57 heavy (non-hydrogen) atoms. The van der Waals surface area contributed by atoms with E-state index in [1.54, 1.807) is 0 Å². The highest BCUT2D eigenvalue weighted by molar-refractivity contribution is 6.09. The van der Waals surface area contributed by atoms with Crippen molar-refractivity contribution in [2.24, 2.45) is 4.99 Å². The van der Waals surface area contributed by atoms with Crippen LogP contribution in [0.15, 0.2) is 217 Å². The second-order valence-corrected chi connectivity index (χ2v) is 15.1. The summed E-state index contributed by atoms with van der Waals surface area (Å²) in [6.07, 6.45) is 8.84. The lowest BCUT2D eigenvalue weighted by Crippen LogP contribution is -2.20. The number of nitrogens with zero attached hydrogens (tertiary/aromatic N) is 1. The molecule has 1 heterocycles. The number of aryl methyl sites for hydroxylation is 2. The molecule has 280 valence electrons. The van der Waals surface area contributed by atoms with Gasteiger partial charge in [-0.25, -0.2) is 0 Å². The predicted octanol–water partition coefficient (Wildman–Crippen LogP) is 14.6. The molecule has 0 saturated carbocycles. The summed E-state index contributed by atoms with van der Waals surface area (Å²) in [5, 5.41) is 0. The molecule has 0 radical (unpaired) electrons. The van der Waals surface area contributed by atoms with Crippen LogP contribution in [0.4, 0.5) is 0 Å². The Morgan fingerprint density at radius 3 is 1.47 bits per heavy atom. The van der Waals surface area contributed by atoms with E-state index in [0.717, 1.165) is 29.8 Å². The van der Waals surface area contributed by atoms with Gasteiger partial charge in [-0.2, -0.15) is 0 Å². The van der Waals surface area contributed by atoms with Gasteiger partial charge in [-0.05, 0) is 77.8 Å². The Morgan fingerprint density at radius 1 is 0.474 bits per heavy atom. The van der Waals surface area contributed by atoms with Crippen molar-refractivity contribution in [3.8, 4) is 11.1 Å². The van der Waals surface area contributed by atoms with Gasteiger partial charge in [-0.3, -0.25) is 4.99 Å². The average molecular weight is 738 g/mol. The van der Waals surface area contributed by atoms with Gasteiger partial charge in [0.2, 0.25) is 0 Å². The summed E-state index contributed by atoms with van der Waals surface area (Å²) in [6, 6.07) is 68.5. The third kappa shape index (κ3) is 9.63. The largest absolute Gasteiger partial charge is 0.252 e. The Balaban J connectivity index is 0.000000298. The molecule has 1 nitrogen and oxygen atoms in total. The fourth-order valence-corrected chi connectivity index (χ4v) is 7.51. The van der Waals surface area contributed by atoms with Gasteiger partial charge in [-0.1, -0.05) is 224 Å². The van der Waals surface area contributed by atoms with E-state index in [0.29, 0.717) is 0 Å². The Morgan fingerprint density at radius 2 is 0.965 bits per heavy atom. The summed E-state index contributed by atoms with van der Waals surface area (Å²) in [6.45, 7) is 8.68. The highest BCUT2D eigenvalue weighted by Gasteiger charge is 2.28. The zero-order chi connectivity index (χ0) is 39.5. The molecule has 1 aliphatic heterocycles. The van der Waals surface area contributed by atoms with E-state index in [2.05, 4.69) is 204 Å². The second kappa shape index (κ2) is 18.4. The highest BCUT2D eigenvalue weighted by atomic mass is 14.8. The fourth-order valence-electron chi connectivity index (χ4n) is 7.51. The van der Waals surface area contributed by atoms with E-state index in [1.807, 2.05) is 36.4 Å². The molecule has 0 N–H and O–H groups in total. The normalized spacial score (nSPS) is 17.0. The summed E-state index contributed by atoms with van der Waals surface area (Å²) in [7, 11) is 0. The van der Waals surface area contributed by atoms with Crippen LogP contribution in [-0.2, 0) is 11.8 Å². The molecule has 0 aromatic heterocycles. The number of allylic oxidation sites excluding steroid dienone is 5. The molecule has 1 atom stereocenters. The fraction of sp³-hybridized carbons (Fsp3) is 0.125. The smallest absolute Gasteiger partial charge is 0.0746 e. The minimum atomic E-state index is -0.0862. The van der Waals surface area contributed by atoms with Gasteiger partial charge in [-0.15, -0.1) is 0 Å². The predicted molar refractivity (Wildman–Crippen MR) is 245 cm³/mol. The second-order valence-electron chi connectivity index (χ2n) is 15.1. The van der Waals surface area contributed by atoms with Gasteiger partial charge >= 0.3 is 0 Å². The van der Waals surface area contributed by atoms with Crippen LogP contribution >= 0.6 is 0 Å². The van der Waals surface area contributed by atoms with Crippen LogP contribution in [0.25, 0.3) is 28.0 Å². The zero-order valence-corrected chi connectivity index (χ0v) is 33.6. The van der Waals surface area contributed by atoms with E-state index in [4.69, 9.17) is 4.99 Å². The van der Waals surface area contributed by atoms with Crippen LogP contribution in [-0.4, -0.2) is 5.71 Å². The summed E-state index contributed by atoms with van der Waals surface area (Å²) < 4.78 is 0. The van der Waals surface area contributed by atoms with E-state index in [1.165, 1.54) is 61.2 Å². The molecular weight excluding hydrogens is 687 g/mol. The van der Waals surface area contributed by atoms with Gasteiger partial charge in [0.25, 0.3) is 0 Å². The quantitative estimate of drug-likeness (QED) is 0.171. The summed E-state index contributed by atoms with van der Waals surface area (Å²) >= 11 is 0. The molecule has 0 amide bonds. The number of rotatable bonds is 4. The number of benzene rings is 7. The Hall–Kier alpha value is -6.57. The van der Waals surface area contributed by atoms with Gasteiger partial charge in [0.15, 0.2) is 0 Å². The molecule has 9 rings (SSSR count). The molecule has 7 aromatic rings. The third-order valence-electron chi connectivity index (χ3n) is 10.8. The van der Waals surface area contributed by atoms with Crippen molar-refractivity contribution in [3.63, 3.8) is 0 Å². The van der Waals surface area contributed by atoms with E-state index < -0.39 is 0 Å². The first kappa shape index (κ1) is 38.7.